The third kappa shape index (κ3) is 2.24. The Kier molecular flexibility index (Phi) is 3.39. The molecule has 1 heterocycles. The molecule has 0 aliphatic rings. The molecule has 0 saturated carbocycles. The quantitative estimate of drug-likeness (QED) is 0.723. The van der Waals surface area contributed by atoms with E-state index in [1.54, 1.807) is 12.4 Å². The van der Waals surface area contributed by atoms with E-state index >= 15 is 0 Å². The van der Waals surface area contributed by atoms with Crippen LogP contribution in [0.1, 0.15) is 20.3 Å². The number of aliphatic hydroxyl groups is 1. The first kappa shape index (κ1) is 12.6. The minimum atomic E-state index is -0.352. The Balaban J connectivity index is 2.43. The number of hydrogen-bond donors (Lipinski definition) is 3. The van der Waals surface area contributed by atoms with Gasteiger partial charge in [-0.15, -0.1) is 0 Å². The van der Waals surface area contributed by atoms with E-state index in [1.807, 2.05) is 32.0 Å². The summed E-state index contributed by atoms with van der Waals surface area (Å²) in [5, 5.41) is 14.8. The number of pyridine rings is 1. The van der Waals surface area contributed by atoms with E-state index in [4.69, 9.17) is 5.73 Å². The van der Waals surface area contributed by atoms with Crippen molar-refractivity contribution in [2.75, 3.05) is 17.7 Å². The maximum atomic E-state index is 9.44. The first-order chi connectivity index (χ1) is 8.59. The van der Waals surface area contributed by atoms with Crippen molar-refractivity contribution in [3.63, 3.8) is 0 Å². The third-order valence-electron chi connectivity index (χ3n) is 3.43. The molecule has 4 heteroatoms. The van der Waals surface area contributed by atoms with Crippen LogP contribution in [-0.2, 0) is 0 Å². The predicted molar refractivity (Wildman–Crippen MR) is 75.6 cm³/mol. The summed E-state index contributed by atoms with van der Waals surface area (Å²) < 4.78 is 0. The molecule has 0 aliphatic carbocycles. The summed E-state index contributed by atoms with van der Waals surface area (Å²) in [6.45, 7) is 4.07. The van der Waals surface area contributed by atoms with Crippen LogP contribution in [0.2, 0.25) is 0 Å². The molecule has 1 unspecified atom stereocenters. The van der Waals surface area contributed by atoms with Gasteiger partial charge in [-0.2, -0.15) is 0 Å². The van der Waals surface area contributed by atoms with Gasteiger partial charge in [-0.3, -0.25) is 4.98 Å². The van der Waals surface area contributed by atoms with Gasteiger partial charge in [0, 0.05) is 23.2 Å². The van der Waals surface area contributed by atoms with Gasteiger partial charge in [-0.25, -0.2) is 0 Å². The van der Waals surface area contributed by atoms with Crippen molar-refractivity contribution in [2.45, 2.75) is 25.8 Å². The van der Waals surface area contributed by atoms with Gasteiger partial charge >= 0.3 is 0 Å². The zero-order valence-electron chi connectivity index (χ0n) is 10.8. The Morgan fingerprint density at radius 2 is 2.17 bits per heavy atom. The smallest absolute Gasteiger partial charge is 0.0658 e. The number of hydrogen-bond acceptors (Lipinski definition) is 4. The summed E-state index contributed by atoms with van der Waals surface area (Å²) in [6.07, 6.45) is 4.34. The van der Waals surface area contributed by atoms with Crippen molar-refractivity contribution in [2.24, 2.45) is 0 Å². The van der Waals surface area contributed by atoms with Crippen molar-refractivity contribution >= 4 is 22.1 Å². The van der Waals surface area contributed by atoms with Crippen LogP contribution < -0.4 is 11.1 Å². The maximum absolute atomic E-state index is 9.44. The Bertz CT molecular complexity index is 550. The molecule has 0 saturated heterocycles. The highest BCUT2D eigenvalue weighted by molar-refractivity contribution is 5.98. The lowest BCUT2D eigenvalue weighted by molar-refractivity contribution is 0.219. The van der Waals surface area contributed by atoms with Gasteiger partial charge in [0.2, 0.25) is 0 Å². The first-order valence-corrected chi connectivity index (χ1v) is 6.11. The zero-order chi connectivity index (χ0) is 13.2. The van der Waals surface area contributed by atoms with Gasteiger partial charge in [-0.05, 0) is 25.5 Å². The number of nitrogens with zero attached hydrogens (tertiary/aromatic N) is 1. The van der Waals surface area contributed by atoms with Crippen LogP contribution in [0.3, 0.4) is 0 Å². The SMILES string of the molecule is CCC(C)(CO)Nc1ccc2cnccc2c1N. The minimum absolute atomic E-state index is 0.0668. The molecule has 4 nitrogen and oxygen atoms in total. The number of anilines is 2. The molecule has 2 rings (SSSR count). The van der Waals surface area contributed by atoms with Crippen LogP contribution in [0.5, 0.6) is 0 Å². The van der Waals surface area contributed by atoms with Crippen LogP contribution in [0.25, 0.3) is 10.8 Å². The number of rotatable bonds is 4. The van der Waals surface area contributed by atoms with Gasteiger partial charge in [-0.1, -0.05) is 13.0 Å². The second-order valence-corrected chi connectivity index (χ2v) is 4.82. The molecule has 0 fully saturated rings. The molecule has 0 amide bonds. The number of nitrogen functional groups attached to an aromatic ring is 1. The van der Waals surface area contributed by atoms with Gasteiger partial charge in [0.25, 0.3) is 0 Å². The number of aromatic nitrogens is 1. The van der Waals surface area contributed by atoms with E-state index in [1.165, 1.54) is 0 Å². The first-order valence-electron chi connectivity index (χ1n) is 6.11. The molecule has 0 bridgehead atoms. The van der Waals surface area contributed by atoms with E-state index in [0.717, 1.165) is 22.9 Å². The van der Waals surface area contributed by atoms with Crippen molar-refractivity contribution < 1.29 is 5.11 Å². The van der Waals surface area contributed by atoms with Crippen LogP contribution in [0.15, 0.2) is 30.6 Å². The Hall–Kier alpha value is -1.81. The van der Waals surface area contributed by atoms with Crippen molar-refractivity contribution in [1.29, 1.82) is 0 Å². The van der Waals surface area contributed by atoms with E-state index in [9.17, 15) is 5.11 Å². The summed E-state index contributed by atoms with van der Waals surface area (Å²) in [5.74, 6) is 0. The molecule has 2 aromatic rings. The molecule has 96 valence electrons. The van der Waals surface area contributed by atoms with Crippen molar-refractivity contribution in [1.82, 2.24) is 4.98 Å². The molecule has 0 spiro atoms. The summed E-state index contributed by atoms with van der Waals surface area (Å²) in [5.41, 5.74) is 7.36. The molecule has 18 heavy (non-hydrogen) atoms. The fourth-order valence-corrected chi connectivity index (χ4v) is 1.87. The second-order valence-electron chi connectivity index (χ2n) is 4.82. The fraction of sp³-hybridized carbons (Fsp3) is 0.357. The average molecular weight is 245 g/mol. The van der Waals surface area contributed by atoms with Crippen LogP contribution >= 0.6 is 0 Å². The van der Waals surface area contributed by atoms with Gasteiger partial charge < -0.3 is 16.2 Å². The summed E-state index contributed by atoms with van der Waals surface area (Å²) in [6, 6.07) is 5.81. The van der Waals surface area contributed by atoms with Gasteiger partial charge in [0.1, 0.15) is 0 Å². The van der Waals surface area contributed by atoms with E-state index in [-0.39, 0.29) is 12.1 Å². The fourth-order valence-electron chi connectivity index (χ4n) is 1.87. The molecular formula is C14H19N3O. The molecule has 0 aliphatic heterocycles. The molecule has 1 atom stereocenters. The Labute approximate surface area is 107 Å². The summed E-state index contributed by atoms with van der Waals surface area (Å²) >= 11 is 0. The van der Waals surface area contributed by atoms with E-state index < -0.39 is 0 Å². The van der Waals surface area contributed by atoms with Crippen LogP contribution in [0.4, 0.5) is 11.4 Å². The number of fused-ring (bicyclic) bond motifs is 1. The maximum Gasteiger partial charge on any atom is 0.0658 e. The van der Waals surface area contributed by atoms with Crippen LogP contribution in [0, 0.1) is 0 Å². The van der Waals surface area contributed by atoms with E-state index in [0.29, 0.717) is 5.69 Å². The molecular weight excluding hydrogens is 226 g/mol. The lowest BCUT2D eigenvalue weighted by Crippen LogP contribution is -2.38. The standard InChI is InChI=1S/C14H19N3O/c1-3-14(2,9-18)17-12-5-4-10-8-16-7-6-11(10)13(12)15/h4-8,17-18H,3,9,15H2,1-2H3. The monoisotopic (exact) mass is 245 g/mol. The highest BCUT2D eigenvalue weighted by atomic mass is 16.3. The average Bonchev–Trinajstić information content (AvgIpc) is 2.42. The van der Waals surface area contributed by atoms with Gasteiger partial charge in [0.15, 0.2) is 0 Å². The largest absolute Gasteiger partial charge is 0.397 e. The molecule has 0 radical (unpaired) electrons. The number of nitrogens with two attached hydrogens (primary N) is 1. The number of nitrogens with one attached hydrogen (secondary N) is 1. The van der Waals surface area contributed by atoms with Crippen molar-refractivity contribution in [3.05, 3.63) is 30.6 Å². The molecule has 4 N–H and O–H groups in total. The highest BCUT2D eigenvalue weighted by Crippen LogP contribution is 2.30. The predicted octanol–water partition coefficient (Wildman–Crippen LogP) is 2.39. The normalized spacial score (nSPS) is 14.4. The Morgan fingerprint density at radius 3 is 2.83 bits per heavy atom. The lowest BCUT2D eigenvalue weighted by atomic mass is 9.99. The minimum Gasteiger partial charge on any atom is -0.397 e. The number of benzene rings is 1. The van der Waals surface area contributed by atoms with E-state index in [2.05, 4.69) is 10.3 Å². The van der Waals surface area contributed by atoms with Gasteiger partial charge in [0.05, 0.1) is 23.5 Å². The van der Waals surface area contributed by atoms with Crippen molar-refractivity contribution in [3.8, 4) is 0 Å². The molecule has 1 aromatic heterocycles. The summed E-state index contributed by atoms with van der Waals surface area (Å²) in [4.78, 5) is 4.07. The second kappa shape index (κ2) is 4.82. The highest BCUT2D eigenvalue weighted by Gasteiger charge is 2.21. The van der Waals surface area contributed by atoms with Crippen LogP contribution in [-0.4, -0.2) is 22.2 Å². The topological polar surface area (TPSA) is 71.2 Å². The third-order valence-corrected chi connectivity index (χ3v) is 3.43. The zero-order valence-corrected chi connectivity index (χ0v) is 10.8. The Morgan fingerprint density at radius 1 is 1.39 bits per heavy atom. The lowest BCUT2D eigenvalue weighted by Gasteiger charge is -2.29. The molecule has 1 aromatic carbocycles. The summed E-state index contributed by atoms with van der Waals surface area (Å²) in [7, 11) is 0. The number of aliphatic hydroxyl groups excluding tert-OH is 1.